The molecule has 1 aromatic heterocycles. The summed E-state index contributed by atoms with van der Waals surface area (Å²) >= 11 is 1.55. The van der Waals surface area contributed by atoms with Crippen molar-refractivity contribution in [3.63, 3.8) is 0 Å². The predicted octanol–water partition coefficient (Wildman–Crippen LogP) is 2.94. The first-order valence-electron chi connectivity index (χ1n) is 6.68. The maximum absolute atomic E-state index is 11.7. The topological polar surface area (TPSA) is 71.9 Å². The van der Waals surface area contributed by atoms with Crippen LogP contribution >= 0.6 is 11.8 Å². The summed E-state index contributed by atoms with van der Waals surface area (Å²) in [5, 5.41) is 8.32. The number of primary amides is 1. The van der Waals surface area contributed by atoms with E-state index >= 15 is 0 Å². The molecule has 2 heterocycles. The van der Waals surface area contributed by atoms with E-state index in [0.29, 0.717) is 5.57 Å². The normalized spacial score (nSPS) is 13.7. The summed E-state index contributed by atoms with van der Waals surface area (Å²) in [6, 6.07) is 13.8. The molecule has 0 radical (unpaired) electrons. The zero-order chi connectivity index (χ0) is 15.0. The Labute approximate surface area is 127 Å². The average Bonchev–Trinajstić information content (AvgIpc) is 3.01. The van der Waals surface area contributed by atoms with Crippen LogP contribution in [0.25, 0.3) is 16.2 Å². The Bertz CT molecular complexity index is 759. The SMILES string of the molecule is CCSC1=C(C(N)=O)C(=N)n2c1ccc2-c1ccccc1. The van der Waals surface area contributed by atoms with Gasteiger partial charge in [0.2, 0.25) is 0 Å². The van der Waals surface area contributed by atoms with E-state index in [0.717, 1.165) is 27.6 Å². The van der Waals surface area contributed by atoms with Crippen molar-refractivity contribution in [3.05, 3.63) is 53.7 Å². The smallest absolute Gasteiger partial charge is 0.253 e. The van der Waals surface area contributed by atoms with Gasteiger partial charge in [-0.15, -0.1) is 11.8 Å². The minimum Gasteiger partial charge on any atom is -0.365 e. The van der Waals surface area contributed by atoms with E-state index in [4.69, 9.17) is 11.1 Å². The van der Waals surface area contributed by atoms with Crippen LogP contribution in [0.15, 0.2) is 48.0 Å². The molecule has 0 spiro atoms. The number of nitrogens with zero attached hydrogens (tertiary/aromatic N) is 1. The van der Waals surface area contributed by atoms with Crippen LogP contribution in [0, 0.1) is 5.41 Å². The molecule has 5 heteroatoms. The van der Waals surface area contributed by atoms with Gasteiger partial charge < -0.3 is 5.73 Å². The zero-order valence-corrected chi connectivity index (χ0v) is 12.4. The van der Waals surface area contributed by atoms with Crippen molar-refractivity contribution in [3.8, 4) is 11.3 Å². The summed E-state index contributed by atoms with van der Waals surface area (Å²) in [6.07, 6.45) is 0. The van der Waals surface area contributed by atoms with Crippen LogP contribution in [0.1, 0.15) is 12.6 Å². The number of aromatic nitrogens is 1. The highest BCUT2D eigenvalue weighted by atomic mass is 32.2. The first-order valence-corrected chi connectivity index (χ1v) is 7.67. The minimum absolute atomic E-state index is 0.164. The standard InChI is InChI=1S/C16H15N3OS/c1-2-21-14-12-9-8-11(10-6-4-3-5-7-10)19(12)15(17)13(14)16(18)20/h3-9,17H,2H2,1H3,(H2,18,20). The van der Waals surface area contributed by atoms with E-state index in [-0.39, 0.29) is 5.84 Å². The fourth-order valence-electron chi connectivity index (χ4n) is 2.56. The first kappa shape index (κ1) is 13.7. The van der Waals surface area contributed by atoms with E-state index in [1.54, 1.807) is 16.3 Å². The van der Waals surface area contributed by atoms with Crippen molar-refractivity contribution in [2.75, 3.05) is 5.75 Å². The van der Waals surface area contributed by atoms with Gasteiger partial charge in [-0.25, -0.2) is 0 Å². The number of carbonyl (C=O) groups excluding carboxylic acids is 1. The molecule has 21 heavy (non-hydrogen) atoms. The third kappa shape index (κ3) is 2.10. The number of carbonyl (C=O) groups is 1. The van der Waals surface area contributed by atoms with E-state index in [1.807, 2.05) is 49.4 Å². The third-order valence-corrected chi connectivity index (χ3v) is 4.40. The van der Waals surface area contributed by atoms with Crippen LogP contribution in [0.5, 0.6) is 0 Å². The Kier molecular flexibility index (Phi) is 3.43. The van der Waals surface area contributed by atoms with Gasteiger partial charge in [0.05, 0.1) is 17.0 Å². The summed E-state index contributed by atoms with van der Waals surface area (Å²) in [5.41, 5.74) is 8.58. The molecule has 0 fully saturated rings. The van der Waals surface area contributed by atoms with Gasteiger partial charge in [-0.1, -0.05) is 37.3 Å². The average molecular weight is 297 g/mol. The molecule has 0 aliphatic carbocycles. The Balaban J connectivity index is 2.17. The summed E-state index contributed by atoms with van der Waals surface area (Å²) in [7, 11) is 0. The number of hydrogen-bond acceptors (Lipinski definition) is 3. The van der Waals surface area contributed by atoms with E-state index < -0.39 is 5.91 Å². The highest BCUT2D eigenvalue weighted by Crippen LogP contribution is 2.40. The molecule has 0 saturated carbocycles. The quantitative estimate of drug-likeness (QED) is 0.910. The lowest BCUT2D eigenvalue weighted by Crippen LogP contribution is -2.22. The summed E-state index contributed by atoms with van der Waals surface area (Å²) < 4.78 is 1.80. The third-order valence-electron chi connectivity index (χ3n) is 3.41. The summed E-state index contributed by atoms with van der Waals surface area (Å²) in [4.78, 5) is 12.5. The van der Waals surface area contributed by atoms with Gasteiger partial charge in [0.1, 0.15) is 5.84 Å². The molecule has 1 aromatic carbocycles. The lowest BCUT2D eigenvalue weighted by Gasteiger charge is -2.08. The number of benzene rings is 1. The van der Waals surface area contributed by atoms with Gasteiger partial charge in [0, 0.05) is 4.91 Å². The van der Waals surface area contributed by atoms with Crippen LogP contribution in [0.4, 0.5) is 0 Å². The van der Waals surface area contributed by atoms with Crippen LogP contribution < -0.4 is 5.73 Å². The number of rotatable bonds is 4. The van der Waals surface area contributed by atoms with E-state index in [9.17, 15) is 4.79 Å². The Morgan fingerprint density at radius 3 is 2.48 bits per heavy atom. The molecule has 1 amide bonds. The van der Waals surface area contributed by atoms with Crippen molar-refractivity contribution in [2.45, 2.75) is 6.92 Å². The minimum atomic E-state index is -0.543. The second kappa shape index (κ2) is 5.26. The molecule has 3 N–H and O–H groups in total. The molecule has 3 rings (SSSR count). The highest BCUT2D eigenvalue weighted by molar-refractivity contribution is 8.08. The molecule has 0 atom stereocenters. The van der Waals surface area contributed by atoms with Crippen LogP contribution in [-0.4, -0.2) is 22.1 Å². The maximum atomic E-state index is 11.7. The summed E-state index contributed by atoms with van der Waals surface area (Å²) in [6.45, 7) is 2.02. The molecular formula is C16H15N3OS. The fourth-order valence-corrected chi connectivity index (χ4v) is 3.49. The van der Waals surface area contributed by atoms with Crippen molar-refractivity contribution < 1.29 is 4.79 Å². The lowest BCUT2D eigenvalue weighted by atomic mass is 10.1. The number of hydrogen-bond donors (Lipinski definition) is 2. The molecule has 1 aliphatic heterocycles. The van der Waals surface area contributed by atoms with Crippen molar-refractivity contribution in [2.24, 2.45) is 5.73 Å². The molecule has 0 saturated heterocycles. The first-order chi connectivity index (χ1) is 10.1. The van der Waals surface area contributed by atoms with Gasteiger partial charge in [-0.3, -0.25) is 14.8 Å². The van der Waals surface area contributed by atoms with Crippen LogP contribution in [0.3, 0.4) is 0 Å². The van der Waals surface area contributed by atoms with Crippen LogP contribution in [0.2, 0.25) is 0 Å². The second-order valence-electron chi connectivity index (χ2n) is 4.66. The summed E-state index contributed by atoms with van der Waals surface area (Å²) in [5.74, 6) is 0.446. The maximum Gasteiger partial charge on any atom is 0.253 e. The number of fused-ring (bicyclic) bond motifs is 1. The van der Waals surface area contributed by atoms with E-state index in [1.165, 1.54) is 0 Å². The molecule has 106 valence electrons. The predicted molar refractivity (Wildman–Crippen MR) is 87.2 cm³/mol. The number of amides is 1. The van der Waals surface area contributed by atoms with Gasteiger partial charge in [-0.2, -0.15) is 0 Å². The number of thioether (sulfide) groups is 1. The highest BCUT2D eigenvalue weighted by Gasteiger charge is 2.32. The van der Waals surface area contributed by atoms with Crippen molar-refractivity contribution >= 4 is 28.4 Å². The molecular weight excluding hydrogens is 282 g/mol. The Morgan fingerprint density at radius 1 is 1.19 bits per heavy atom. The fraction of sp³-hybridized carbons (Fsp3) is 0.125. The molecule has 0 unspecified atom stereocenters. The van der Waals surface area contributed by atoms with Gasteiger partial charge >= 0.3 is 0 Å². The molecule has 2 aromatic rings. The Morgan fingerprint density at radius 2 is 1.86 bits per heavy atom. The second-order valence-corrected chi connectivity index (χ2v) is 5.93. The largest absolute Gasteiger partial charge is 0.365 e. The van der Waals surface area contributed by atoms with Crippen molar-refractivity contribution in [1.29, 1.82) is 5.41 Å². The number of nitrogens with two attached hydrogens (primary N) is 1. The Hall–Kier alpha value is -2.27. The van der Waals surface area contributed by atoms with E-state index in [2.05, 4.69) is 0 Å². The zero-order valence-electron chi connectivity index (χ0n) is 11.6. The van der Waals surface area contributed by atoms with Gasteiger partial charge in [-0.05, 0) is 23.4 Å². The lowest BCUT2D eigenvalue weighted by molar-refractivity contribution is -0.114. The molecule has 4 nitrogen and oxygen atoms in total. The van der Waals surface area contributed by atoms with Crippen molar-refractivity contribution in [1.82, 2.24) is 4.57 Å². The van der Waals surface area contributed by atoms with Gasteiger partial charge in [0.15, 0.2) is 0 Å². The molecule has 0 bridgehead atoms. The monoisotopic (exact) mass is 297 g/mol. The van der Waals surface area contributed by atoms with Gasteiger partial charge in [0.25, 0.3) is 5.91 Å². The molecule has 1 aliphatic rings. The van der Waals surface area contributed by atoms with Crippen LogP contribution in [-0.2, 0) is 4.79 Å². The number of nitrogens with one attached hydrogen (secondary N) is 1.